The highest BCUT2D eigenvalue weighted by molar-refractivity contribution is 5.80. The Morgan fingerprint density at radius 3 is 2.83 bits per heavy atom. The quantitative estimate of drug-likeness (QED) is 0.725. The van der Waals surface area contributed by atoms with Crippen LogP contribution in [0.4, 0.5) is 0 Å². The molecule has 4 heteroatoms. The molecule has 2 unspecified atom stereocenters. The van der Waals surface area contributed by atoms with Crippen LogP contribution >= 0.6 is 0 Å². The minimum Gasteiger partial charge on any atom is -0.368 e. The fourth-order valence-corrected chi connectivity index (χ4v) is 3.40. The van der Waals surface area contributed by atoms with Crippen molar-refractivity contribution in [2.75, 3.05) is 19.6 Å². The fourth-order valence-electron chi connectivity index (χ4n) is 3.40. The third kappa shape index (κ3) is 3.23. The fraction of sp³-hybridized carbons (Fsp3) is 0.929. The molecule has 0 aromatic carbocycles. The second kappa shape index (κ2) is 5.57. The lowest BCUT2D eigenvalue weighted by atomic mass is 9.85. The number of rotatable bonds is 2. The highest BCUT2D eigenvalue weighted by Gasteiger charge is 2.34. The lowest BCUT2D eigenvalue weighted by Crippen LogP contribution is -2.59. The van der Waals surface area contributed by atoms with Crippen LogP contribution in [0.5, 0.6) is 0 Å². The minimum absolute atomic E-state index is 0.107. The van der Waals surface area contributed by atoms with Crippen molar-refractivity contribution in [1.82, 2.24) is 10.2 Å². The third-order valence-corrected chi connectivity index (χ3v) is 4.63. The normalized spacial score (nSPS) is 33.9. The molecule has 3 N–H and O–H groups in total. The number of nitrogens with two attached hydrogens (primary N) is 1. The maximum atomic E-state index is 11.6. The molecule has 0 bridgehead atoms. The summed E-state index contributed by atoms with van der Waals surface area (Å²) in [6, 6.07) is 0.441. The van der Waals surface area contributed by atoms with E-state index in [0.29, 0.717) is 11.5 Å². The van der Waals surface area contributed by atoms with E-state index in [0.717, 1.165) is 19.6 Å². The van der Waals surface area contributed by atoms with E-state index in [1.807, 2.05) is 0 Å². The van der Waals surface area contributed by atoms with Crippen LogP contribution < -0.4 is 11.1 Å². The van der Waals surface area contributed by atoms with Gasteiger partial charge in [-0.2, -0.15) is 0 Å². The minimum atomic E-state index is -0.175. The van der Waals surface area contributed by atoms with E-state index in [2.05, 4.69) is 24.1 Å². The molecule has 1 heterocycles. The van der Waals surface area contributed by atoms with Gasteiger partial charge in [0.1, 0.15) is 6.04 Å². The Labute approximate surface area is 110 Å². The third-order valence-electron chi connectivity index (χ3n) is 4.63. The van der Waals surface area contributed by atoms with Gasteiger partial charge < -0.3 is 11.1 Å². The summed E-state index contributed by atoms with van der Waals surface area (Å²) < 4.78 is 0. The van der Waals surface area contributed by atoms with Gasteiger partial charge in [-0.15, -0.1) is 0 Å². The van der Waals surface area contributed by atoms with E-state index in [4.69, 9.17) is 5.73 Å². The van der Waals surface area contributed by atoms with Crippen molar-refractivity contribution in [3.8, 4) is 0 Å². The van der Waals surface area contributed by atoms with Gasteiger partial charge in [-0.1, -0.05) is 20.3 Å². The van der Waals surface area contributed by atoms with E-state index < -0.39 is 0 Å². The predicted molar refractivity (Wildman–Crippen MR) is 73.2 cm³/mol. The summed E-state index contributed by atoms with van der Waals surface area (Å²) in [6.45, 7) is 7.37. The number of hydrogen-bond donors (Lipinski definition) is 2. The lowest BCUT2D eigenvalue weighted by Gasteiger charge is -2.40. The molecule has 1 aliphatic carbocycles. The molecule has 0 aromatic heterocycles. The van der Waals surface area contributed by atoms with Crippen molar-refractivity contribution in [1.29, 1.82) is 0 Å². The van der Waals surface area contributed by atoms with Crippen LogP contribution in [0.15, 0.2) is 0 Å². The highest BCUT2D eigenvalue weighted by atomic mass is 16.1. The smallest absolute Gasteiger partial charge is 0.236 e. The highest BCUT2D eigenvalue weighted by Crippen LogP contribution is 2.35. The number of carbonyl (C=O) groups is 1. The molecule has 104 valence electrons. The SMILES string of the molecule is CC1(C)CCCC(N2CCNCC2C(N)=O)CC1. The Bertz CT molecular complexity index is 303. The second-order valence-electron chi connectivity index (χ2n) is 6.61. The van der Waals surface area contributed by atoms with Crippen molar-refractivity contribution < 1.29 is 4.79 Å². The van der Waals surface area contributed by atoms with E-state index in [9.17, 15) is 4.79 Å². The van der Waals surface area contributed by atoms with Crippen LogP contribution in [0, 0.1) is 5.41 Å². The summed E-state index contributed by atoms with van der Waals surface area (Å²) in [4.78, 5) is 13.9. The molecule has 18 heavy (non-hydrogen) atoms. The first-order valence-corrected chi connectivity index (χ1v) is 7.25. The van der Waals surface area contributed by atoms with Gasteiger partial charge in [0.2, 0.25) is 5.91 Å². The Balaban J connectivity index is 2.02. The zero-order chi connectivity index (χ0) is 13.2. The molecular weight excluding hydrogens is 226 g/mol. The first kappa shape index (κ1) is 13.8. The van der Waals surface area contributed by atoms with E-state index in [1.165, 1.54) is 32.1 Å². The second-order valence-corrected chi connectivity index (χ2v) is 6.61. The van der Waals surface area contributed by atoms with Gasteiger partial charge in [-0.05, 0) is 31.1 Å². The Kier molecular flexibility index (Phi) is 4.28. The zero-order valence-corrected chi connectivity index (χ0v) is 11.7. The topological polar surface area (TPSA) is 58.4 Å². The number of piperazine rings is 1. The molecule has 0 radical (unpaired) electrons. The molecule has 1 amide bonds. The monoisotopic (exact) mass is 253 g/mol. The number of nitrogens with one attached hydrogen (secondary N) is 1. The number of primary amides is 1. The van der Waals surface area contributed by atoms with Crippen LogP contribution in [-0.2, 0) is 4.79 Å². The van der Waals surface area contributed by atoms with Gasteiger partial charge in [0.25, 0.3) is 0 Å². The zero-order valence-electron chi connectivity index (χ0n) is 11.7. The maximum Gasteiger partial charge on any atom is 0.236 e. The van der Waals surface area contributed by atoms with Crippen molar-refractivity contribution in [2.24, 2.45) is 11.1 Å². The summed E-state index contributed by atoms with van der Waals surface area (Å²) in [5.74, 6) is -0.175. The number of hydrogen-bond acceptors (Lipinski definition) is 3. The Hall–Kier alpha value is -0.610. The first-order chi connectivity index (χ1) is 8.49. The van der Waals surface area contributed by atoms with E-state index >= 15 is 0 Å². The van der Waals surface area contributed by atoms with Crippen LogP contribution in [0.1, 0.15) is 46.0 Å². The Morgan fingerprint density at radius 1 is 1.33 bits per heavy atom. The standard InChI is InChI=1S/C14H27N3O/c1-14(2)6-3-4-11(5-7-14)17-9-8-16-10-12(17)13(15)18/h11-12,16H,3-10H2,1-2H3,(H2,15,18). The molecule has 0 aromatic rings. The van der Waals surface area contributed by atoms with Crippen LogP contribution in [0.25, 0.3) is 0 Å². The molecule has 2 fully saturated rings. The summed E-state index contributed by atoms with van der Waals surface area (Å²) in [6.07, 6.45) is 6.25. The number of amides is 1. The Morgan fingerprint density at radius 2 is 2.11 bits per heavy atom. The molecule has 0 spiro atoms. The van der Waals surface area contributed by atoms with Crippen LogP contribution in [-0.4, -0.2) is 42.5 Å². The number of carbonyl (C=O) groups excluding carboxylic acids is 1. The summed E-state index contributed by atoms with van der Waals surface area (Å²) in [5.41, 5.74) is 6.00. The maximum absolute atomic E-state index is 11.6. The van der Waals surface area contributed by atoms with Crippen molar-refractivity contribution >= 4 is 5.91 Å². The van der Waals surface area contributed by atoms with Crippen molar-refractivity contribution in [2.45, 2.75) is 58.0 Å². The predicted octanol–water partition coefficient (Wildman–Crippen LogP) is 1.10. The molecule has 1 aliphatic heterocycles. The van der Waals surface area contributed by atoms with Gasteiger partial charge in [0.15, 0.2) is 0 Å². The molecule has 1 saturated heterocycles. The molecule has 1 saturated carbocycles. The van der Waals surface area contributed by atoms with Gasteiger partial charge in [0.05, 0.1) is 0 Å². The van der Waals surface area contributed by atoms with Gasteiger partial charge in [0, 0.05) is 25.7 Å². The molecule has 2 rings (SSSR count). The molecule has 2 aliphatic rings. The largest absolute Gasteiger partial charge is 0.368 e. The summed E-state index contributed by atoms with van der Waals surface area (Å²) in [5, 5.41) is 3.27. The lowest BCUT2D eigenvalue weighted by molar-refractivity contribution is -0.125. The van der Waals surface area contributed by atoms with Gasteiger partial charge in [-0.25, -0.2) is 0 Å². The first-order valence-electron chi connectivity index (χ1n) is 7.25. The van der Waals surface area contributed by atoms with Gasteiger partial charge in [-0.3, -0.25) is 9.69 Å². The van der Waals surface area contributed by atoms with Crippen molar-refractivity contribution in [3.63, 3.8) is 0 Å². The van der Waals surface area contributed by atoms with E-state index in [1.54, 1.807) is 0 Å². The summed E-state index contributed by atoms with van der Waals surface area (Å²) in [7, 11) is 0. The van der Waals surface area contributed by atoms with E-state index in [-0.39, 0.29) is 11.9 Å². The molecule has 2 atom stereocenters. The summed E-state index contributed by atoms with van der Waals surface area (Å²) >= 11 is 0. The number of nitrogens with zero attached hydrogens (tertiary/aromatic N) is 1. The van der Waals surface area contributed by atoms with Crippen LogP contribution in [0.3, 0.4) is 0 Å². The van der Waals surface area contributed by atoms with Gasteiger partial charge >= 0.3 is 0 Å². The average molecular weight is 253 g/mol. The molecular formula is C14H27N3O. The van der Waals surface area contributed by atoms with Crippen molar-refractivity contribution in [3.05, 3.63) is 0 Å². The average Bonchev–Trinajstić information content (AvgIpc) is 2.50. The van der Waals surface area contributed by atoms with Crippen LogP contribution in [0.2, 0.25) is 0 Å². The molecule has 4 nitrogen and oxygen atoms in total.